The molecule has 2 aliphatic carbocycles. The first-order chi connectivity index (χ1) is 17.3. The number of hydrogen-bond donors (Lipinski definition) is 0. The molecule has 0 atom stereocenters. The zero-order chi connectivity index (χ0) is 22.8. The smallest absolute Gasteiger partial charge is 0.123 e. The average molecular weight is 445 g/mol. The molecule has 0 nitrogen and oxygen atoms in total. The van der Waals surface area contributed by atoms with Gasteiger partial charge in [-0.05, 0) is 97.0 Å². The van der Waals surface area contributed by atoms with E-state index in [1.54, 1.807) is 12.1 Å². The van der Waals surface area contributed by atoms with Crippen molar-refractivity contribution in [3.63, 3.8) is 0 Å². The van der Waals surface area contributed by atoms with Gasteiger partial charge >= 0.3 is 0 Å². The van der Waals surface area contributed by atoms with E-state index in [1.165, 1.54) is 74.4 Å². The Labute approximate surface area is 198 Å². The summed E-state index contributed by atoms with van der Waals surface area (Å²) in [5, 5.41) is 20.0. The van der Waals surface area contributed by atoms with Crippen LogP contribution in [0.5, 0.6) is 0 Å². The van der Waals surface area contributed by atoms with E-state index in [9.17, 15) is 4.39 Å². The van der Waals surface area contributed by atoms with E-state index in [-0.39, 0.29) is 5.82 Å². The number of benzene rings is 7. The first-order valence-electron chi connectivity index (χ1n) is 12.1. The fourth-order valence-corrected chi connectivity index (χ4v) is 6.92. The van der Waals surface area contributed by atoms with Crippen LogP contribution in [0.15, 0.2) is 103 Å². The van der Waals surface area contributed by atoms with Crippen molar-refractivity contribution < 1.29 is 4.39 Å². The standard InChI is InChI=1S/C34H17F/c35-18-13-14-21-26-15-16-27-29-22-9-3-1-7-19(22)20-8-2-4-10-23(20)31(29)33-25-12-6-5-11-24(25)30(28(21)17-18)32(26)34(27)33/h1-17H. The van der Waals surface area contributed by atoms with Crippen LogP contribution >= 0.6 is 0 Å². The van der Waals surface area contributed by atoms with Gasteiger partial charge in [-0.1, -0.05) is 91.0 Å². The molecule has 9 rings (SSSR count). The summed E-state index contributed by atoms with van der Waals surface area (Å²) in [5.74, 6) is -0.187. The summed E-state index contributed by atoms with van der Waals surface area (Å²) in [5.41, 5.74) is 0. The van der Waals surface area contributed by atoms with Crippen LogP contribution in [0.2, 0.25) is 0 Å². The lowest BCUT2D eigenvalue weighted by molar-refractivity contribution is 0.626. The topological polar surface area (TPSA) is 0 Å². The lowest BCUT2D eigenvalue weighted by Crippen LogP contribution is -1.85. The Morgan fingerprint density at radius 2 is 0.829 bits per heavy atom. The number of halogens is 1. The van der Waals surface area contributed by atoms with Crippen molar-refractivity contribution >= 4 is 43.1 Å². The summed E-state index contributed by atoms with van der Waals surface area (Å²) in [7, 11) is 0. The Morgan fingerprint density at radius 1 is 0.343 bits per heavy atom. The molecule has 35 heavy (non-hydrogen) atoms. The molecule has 160 valence electrons. The highest BCUT2D eigenvalue weighted by atomic mass is 19.1. The number of rotatable bonds is 0. The van der Waals surface area contributed by atoms with E-state index in [0.717, 1.165) is 10.4 Å². The lowest BCUT2D eigenvalue weighted by atomic mass is 9.96. The van der Waals surface area contributed by atoms with Crippen LogP contribution in [-0.2, 0) is 0 Å². The van der Waals surface area contributed by atoms with Gasteiger partial charge in [-0.25, -0.2) is 4.39 Å². The van der Waals surface area contributed by atoms with Crippen molar-refractivity contribution in [3.8, 4) is 0 Å². The van der Waals surface area contributed by atoms with E-state index in [2.05, 4.69) is 84.9 Å². The minimum Gasteiger partial charge on any atom is -0.207 e. The van der Waals surface area contributed by atoms with Crippen molar-refractivity contribution in [1.82, 2.24) is 0 Å². The first-order valence-corrected chi connectivity index (χ1v) is 12.1. The minimum atomic E-state index is -0.187. The second-order valence-electron chi connectivity index (χ2n) is 9.74. The van der Waals surface area contributed by atoms with Gasteiger partial charge in [0.15, 0.2) is 0 Å². The third-order valence-corrected chi connectivity index (χ3v) is 8.16. The Morgan fingerprint density at radius 3 is 1.51 bits per heavy atom. The number of hydrogen-bond acceptors (Lipinski definition) is 0. The maximum absolute atomic E-state index is 14.5. The molecule has 7 aromatic rings. The molecule has 0 aromatic heterocycles. The van der Waals surface area contributed by atoms with Crippen molar-refractivity contribution in [3.05, 3.63) is 151 Å². The second-order valence-corrected chi connectivity index (χ2v) is 9.74. The molecular weight excluding hydrogens is 427 g/mol. The molecule has 0 saturated carbocycles. The van der Waals surface area contributed by atoms with Crippen molar-refractivity contribution in [1.29, 1.82) is 0 Å². The van der Waals surface area contributed by atoms with Crippen LogP contribution in [0.1, 0.15) is 0 Å². The quantitative estimate of drug-likeness (QED) is 0.163. The zero-order valence-electron chi connectivity index (χ0n) is 18.7. The molecule has 0 amide bonds. The van der Waals surface area contributed by atoms with Crippen molar-refractivity contribution in [2.75, 3.05) is 0 Å². The molecule has 0 bridgehead atoms. The summed E-state index contributed by atoms with van der Waals surface area (Å²) < 4.78 is 14.5. The monoisotopic (exact) mass is 444 g/mol. The summed E-state index contributed by atoms with van der Waals surface area (Å²) in [6.07, 6.45) is 0. The highest BCUT2D eigenvalue weighted by Crippen LogP contribution is 2.39. The van der Waals surface area contributed by atoms with Gasteiger partial charge in [0.2, 0.25) is 0 Å². The second kappa shape index (κ2) is 5.95. The fourth-order valence-electron chi connectivity index (χ4n) is 6.92. The number of fused-ring (bicyclic) bond motifs is 10. The van der Waals surface area contributed by atoms with E-state index >= 15 is 0 Å². The van der Waals surface area contributed by atoms with Gasteiger partial charge in [0.05, 0.1) is 0 Å². The van der Waals surface area contributed by atoms with Gasteiger partial charge < -0.3 is 0 Å². The van der Waals surface area contributed by atoms with Gasteiger partial charge in [0.25, 0.3) is 0 Å². The van der Waals surface area contributed by atoms with Gasteiger partial charge in [-0.2, -0.15) is 0 Å². The molecule has 0 N–H and O–H groups in total. The predicted octanol–water partition coefficient (Wildman–Crippen LogP) is 8.21. The fraction of sp³-hybridized carbons (Fsp3) is 0. The zero-order valence-corrected chi connectivity index (χ0v) is 18.7. The Kier molecular flexibility index (Phi) is 3.04. The van der Waals surface area contributed by atoms with Gasteiger partial charge in [0.1, 0.15) is 5.82 Å². The molecule has 0 fully saturated rings. The van der Waals surface area contributed by atoms with Crippen LogP contribution < -0.4 is 0 Å². The maximum atomic E-state index is 14.5. The van der Waals surface area contributed by atoms with Crippen LogP contribution in [0.25, 0.3) is 43.1 Å². The molecule has 1 heteroatoms. The Hall–Kier alpha value is -4.49. The molecular formula is C34H17F. The summed E-state index contributed by atoms with van der Waals surface area (Å²) >= 11 is 0. The average Bonchev–Trinajstić information content (AvgIpc) is 3.42. The normalized spacial score (nSPS) is 12.7. The summed E-state index contributed by atoms with van der Waals surface area (Å²) in [6, 6.07) is 36.1. The molecule has 0 radical (unpaired) electrons. The van der Waals surface area contributed by atoms with Gasteiger partial charge in [0, 0.05) is 0 Å². The van der Waals surface area contributed by atoms with Crippen molar-refractivity contribution in [2.45, 2.75) is 0 Å². The van der Waals surface area contributed by atoms with Crippen LogP contribution in [0.3, 0.4) is 0 Å². The third-order valence-electron chi connectivity index (χ3n) is 8.16. The molecule has 0 aliphatic heterocycles. The Balaban J connectivity index is 1.85. The molecule has 0 spiro atoms. The SMILES string of the molecule is Fc1ccc2c(c1)=c1c3ccccc3c3c4c(ccc=2c14)=c1c=3c2ccccc2c2ccccc12. The lowest BCUT2D eigenvalue weighted by Gasteiger charge is -2.07. The van der Waals surface area contributed by atoms with Crippen molar-refractivity contribution in [2.24, 2.45) is 0 Å². The van der Waals surface area contributed by atoms with Gasteiger partial charge in [-0.15, -0.1) is 0 Å². The van der Waals surface area contributed by atoms with Crippen LogP contribution in [0.4, 0.5) is 4.39 Å². The highest BCUT2D eigenvalue weighted by molar-refractivity contribution is 6.11. The summed E-state index contributed by atoms with van der Waals surface area (Å²) in [4.78, 5) is 0. The van der Waals surface area contributed by atoms with E-state index in [4.69, 9.17) is 0 Å². The largest absolute Gasteiger partial charge is 0.207 e. The van der Waals surface area contributed by atoms with Gasteiger partial charge in [-0.3, -0.25) is 0 Å². The first kappa shape index (κ1) is 17.9. The molecule has 0 unspecified atom stereocenters. The molecule has 0 saturated heterocycles. The predicted molar refractivity (Wildman–Crippen MR) is 140 cm³/mol. The molecule has 0 heterocycles. The Bertz CT molecular complexity index is 2550. The van der Waals surface area contributed by atoms with E-state index in [0.29, 0.717) is 0 Å². The van der Waals surface area contributed by atoms with E-state index < -0.39 is 0 Å². The van der Waals surface area contributed by atoms with E-state index in [1.807, 2.05) is 6.07 Å². The molecule has 2 aliphatic rings. The minimum absolute atomic E-state index is 0.187. The van der Waals surface area contributed by atoms with Crippen LogP contribution in [-0.4, -0.2) is 0 Å². The third kappa shape index (κ3) is 1.97. The maximum Gasteiger partial charge on any atom is 0.123 e. The summed E-state index contributed by atoms with van der Waals surface area (Å²) in [6.45, 7) is 0. The highest BCUT2D eigenvalue weighted by Gasteiger charge is 2.19. The molecule has 7 aromatic carbocycles. The van der Waals surface area contributed by atoms with Crippen LogP contribution in [0, 0.1) is 47.6 Å².